The van der Waals surface area contributed by atoms with Gasteiger partial charge in [0.25, 0.3) is 0 Å². The fourth-order valence-electron chi connectivity index (χ4n) is 4.15. The SMILES string of the molecule is CN=C(NC1CC1c1ccc(Br)cc1)N1CCC(OCC2CCCO2)CC1. The Morgan fingerprint density at radius 1 is 1.26 bits per heavy atom. The minimum absolute atomic E-state index is 0.322. The summed E-state index contributed by atoms with van der Waals surface area (Å²) in [7, 11) is 1.89. The number of hydrogen-bond donors (Lipinski definition) is 1. The Morgan fingerprint density at radius 2 is 2.04 bits per heavy atom. The minimum Gasteiger partial charge on any atom is -0.376 e. The van der Waals surface area contributed by atoms with Gasteiger partial charge in [0, 0.05) is 43.2 Å². The van der Waals surface area contributed by atoms with E-state index in [4.69, 9.17) is 9.47 Å². The summed E-state index contributed by atoms with van der Waals surface area (Å²) in [5.41, 5.74) is 1.41. The molecule has 6 heteroatoms. The van der Waals surface area contributed by atoms with Crippen LogP contribution in [0.2, 0.25) is 0 Å². The monoisotopic (exact) mass is 435 g/mol. The van der Waals surface area contributed by atoms with Crippen LogP contribution in [0.5, 0.6) is 0 Å². The maximum Gasteiger partial charge on any atom is 0.193 e. The van der Waals surface area contributed by atoms with Crippen molar-refractivity contribution in [3.05, 3.63) is 34.3 Å². The van der Waals surface area contributed by atoms with E-state index in [2.05, 4.69) is 55.4 Å². The second-order valence-corrected chi connectivity index (χ2v) is 8.76. The molecule has 0 spiro atoms. The van der Waals surface area contributed by atoms with Crippen molar-refractivity contribution in [3.8, 4) is 0 Å². The van der Waals surface area contributed by atoms with Crippen LogP contribution in [0.25, 0.3) is 0 Å². The molecule has 1 aliphatic carbocycles. The highest BCUT2D eigenvalue weighted by molar-refractivity contribution is 9.10. The predicted octanol–water partition coefficient (Wildman–Crippen LogP) is 3.54. The number of piperidine rings is 1. The Hall–Kier alpha value is -1.11. The fraction of sp³-hybridized carbons (Fsp3) is 0.667. The van der Waals surface area contributed by atoms with Gasteiger partial charge in [-0.3, -0.25) is 4.99 Å². The summed E-state index contributed by atoms with van der Waals surface area (Å²) in [4.78, 5) is 6.91. The maximum atomic E-state index is 6.09. The smallest absolute Gasteiger partial charge is 0.193 e. The Balaban J connectivity index is 1.21. The van der Waals surface area contributed by atoms with Crippen molar-refractivity contribution in [3.63, 3.8) is 0 Å². The van der Waals surface area contributed by atoms with Gasteiger partial charge in [0.15, 0.2) is 5.96 Å². The van der Waals surface area contributed by atoms with Gasteiger partial charge >= 0.3 is 0 Å². The molecule has 2 heterocycles. The van der Waals surface area contributed by atoms with Gasteiger partial charge in [-0.15, -0.1) is 0 Å². The van der Waals surface area contributed by atoms with Gasteiger partial charge in [0.1, 0.15) is 0 Å². The van der Waals surface area contributed by atoms with E-state index in [1.807, 2.05) is 7.05 Å². The number of benzene rings is 1. The molecule has 1 N–H and O–H groups in total. The maximum absolute atomic E-state index is 6.09. The Kier molecular flexibility index (Phi) is 6.35. The molecule has 0 amide bonds. The van der Waals surface area contributed by atoms with E-state index in [0.717, 1.165) is 56.0 Å². The molecule has 5 nitrogen and oxygen atoms in total. The molecule has 1 aromatic rings. The van der Waals surface area contributed by atoms with E-state index in [1.165, 1.54) is 18.4 Å². The van der Waals surface area contributed by atoms with E-state index in [0.29, 0.717) is 24.2 Å². The predicted molar refractivity (Wildman–Crippen MR) is 111 cm³/mol. The molecule has 27 heavy (non-hydrogen) atoms. The first-order chi connectivity index (χ1) is 13.2. The van der Waals surface area contributed by atoms with Crippen LogP contribution in [-0.2, 0) is 9.47 Å². The average Bonchev–Trinajstić information content (AvgIpc) is 3.26. The zero-order valence-corrected chi connectivity index (χ0v) is 17.7. The molecule has 4 rings (SSSR count). The number of hydrogen-bond acceptors (Lipinski definition) is 3. The molecule has 0 aromatic heterocycles. The third-order valence-corrected chi connectivity index (χ3v) is 6.43. The molecular weight excluding hydrogens is 406 g/mol. The molecule has 3 atom stereocenters. The zero-order chi connectivity index (χ0) is 18.6. The van der Waals surface area contributed by atoms with E-state index in [9.17, 15) is 0 Å². The molecule has 1 aromatic carbocycles. The molecule has 0 bridgehead atoms. The fourth-order valence-corrected chi connectivity index (χ4v) is 4.41. The normalized spacial score (nSPS) is 29.2. The zero-order valence-electron chi connectivity index (χ0n) is 16.1. The van der Waals surface area contributed by atoms with Crippen molar-refractivity contribution >= 4 is 21.9 Å². The van der Waals surface area contributed by atoms with Crippen LogP contribution in [0.1, 0.15) is 43.6 Å². The first kappa shape index (κ1) is 19.2. The van der Waals surface area contributed by atoms with Crippen LogP contribution in [0, 0.1) is 0 Å². The quantitative estimate of drug-likeness (QED) is 0.567. The first-order valence-electron chi connectivity index (χ1n) is 10.2. The minimum atomic E-state index is 0.322. The van der Waals surface area contributed by atoms with Crippen LogP contribution in [-0.4, -0.2) is 62.5 Å². The highest BCUT2D eigenvalue weighted by Gasteiger charge is 2.39. The van der Waals surface area contributed by atoms with Gasteiger partial charge in [-0.2, -0.15) is 0 Å². The second-order valence-electron chi connectivity index (χ2n) is 7.85. The Labute approximate surface area is 170 Å². The summed E-state index contributed by atoms with van der Waals surface area (Å²) >= 11 is 3.51. The summed E-state index contributed by atoms with van der Waals surface area (Å²) in [5.74, 6) is 1.64. The lowest BCUT2D eigenvalue weighted by molar-refractivity contribution is -0.0367. The van der Waals surface area contributed by atoms with Crippen LogP contribution >= 0.6 is 15.9 Å². The lowest BCUT2D eigenvalue weighted by Crippen LogP contribution is -2.48. The standard InChI is InChI=1S/C21H30BrN3O2/c1-23-21(24-20-13-19(20)15-4-6-16(22)7-5-15)25-10-8-17(9-11-25)27-14-18-3-2-12-26-18/h4-7,17-20H,2-3,8-14H2,1H3,(H,23,24). The van der Waals surface area contributed by atoms with Crippen LogP contribution < -0.4 is 5.32 Å². The third-order valence-electron chi connectivity index (χ3n) is 5.90. The summed E-state index contributed by atoms with van der Waals surface area (Å²) in [6.07, 6.45) is 6.32. The molecule has 3 unspecified atom stereocenters. The number of likely N-dealkylation sites (tertiary alicyclic amines) is 1. The van der Waals surface area contributed by atoms with Crippen molar-refractivity contribution in [2.45, 2.75) is 56.3 Å². The number of ether oxygens (including phenoxy) is 2. The van der Waals surface area contributed by atoms with Gasteiger partial charge in [-0.1, -0.05) is 28.1 Å². The van der Waals surface area contributed by atoms with E-state index < -0.39 is 0 Å². The average molecular weight is 436 g/mol. The van der Waals surface area contributed by atoms with Crippen LogP contribution in [0.15, 0.2) is 33.7 Å². The number of halogens is 1. The van der Waals surface area contributed by atoms with Gasteiger partial charge in [-0.05, 0) is 49.8 Å². The Bertz CT molecular complexity index is 637. The summed E-state index contributed by atoms with van der Waals surface area (Å²) in [6, 6.07) is 9.19. The van der Waals surface area contributed by atoms with E-state index in [1.54, 1.807) is 0 Å². The van der Waals surface area contributed by atoms with Crippen molar-refractivity contribution in [2.24, 2.45) is 4.99 Å². The van der Waals surface area contributed by atoms with Crippen molar-refractivity contribution in [1.82, 2.24) is 10.2 Å². The van der Waals surface area contributed by atoms with Crippen molar-refractivity contribution in [1.29, 1.82) is 0 Å². The van der Waals surface area contributed by atoms with E-state index >= 15 is 0 Å². The lowest BCUT2D eigenvalue weighted by Gasteiger charge is -2.34. The summed E-state index contributed by atoms with van der Waals surface area (Å²) < 4.78 is 12.9. The van der Waals surface area contributed by atoms with E-state index in [-0.39, 0.29) is 0 Å². The molecule has 3 aliphatic rings. The molecule has 3 fully saturated rings. The third kappa shape index (κ3) is 5.04. The highest BCUT2D eigenvalue weighted by atomic mass is 79.9. The molecule has 1 saturated carbocycles. The number of rotatable bonds is 5. The molecule has 148 valence electrons. The second kappa shape index (κ2) is 8.93. The lowest BCUT2D eigenvalue weighted by atomic mass is 10.1. The summed E-state index contributed by atoms with van der Waals surface area (Å²) in [5, 5.41) is 3.67. The Morgan fingerprint density at radius 3 is 2.70 bits per heavy atom. The highest BCUT2D eigenvalue weighted by Crippen LogP contribution is 2.41. The van der Waals surface area contributed by atoms with Gasteiger partial charge in [-0.25, -0.2) is 0 Å². The molecule has 2 saturated heterocycles. The number of guanidine groups is 1. The number of nitrogens with one attached hydrogen (secondary N) is 1. The topological polar surface area (TPSA) is 46.1 Å². The number of nitrogens with zero attached hydrogens (tertiary/aromatic N) is 2. The van der Waals surface area contributed by atoms with Gasteiger partial charge < -0.3 is 19.7 Å². The first-order valence-corrected chi connectivity index (χ1v) is 11.0. The van der Waals surface area contributed by atoms with Gasteiger partial charge in [0.05, 0.1) is 18.8 Å². The largest absolute Gasteiger partial charge is 0.376 e. The molecule has 2 aliphatic heterocycles. The van der Waals surface area contributed by atoms with Gasteiger partial charge in [0.2, 0.25) is 0 Å². The van der Waals surface area contributed by atoms with Crippen molar-refractivity contribution < 1.29 is 9.47 Å². The summed E-state index contributed by atoms with van der Waals surface area (Å²) in [6.45, 7) is 3.67. The van der Waals surface area contributed by atoms with Crippen molar-refractivity contribution in [2.75, 3.05) is 33.4 Å². The molecular formula is C21H30BrN3O2. The van der Waals surface area contributed by atoms with Crippen LogP contribution in [0.3, 0.4) is 0 Å². The number of aliphatic imine (C=N–C) groups is 1. The molecule has 0 radical (unpaired) electrons. The van der Waals surface area contributed by atoms with Crippen LogP contribution in [0.4, 0.5) is 0 Å².